The molecule has 1 aromatic rings. The average molecular weight is 291 g/mol. The van der Waals surface area contributed by atoms with Gasteiger partial charge in [0.05, 0.1) is 4.47 Å². The lowest BCUT2D eigenvalue weighted by Gasteiger charge is -2.32. The molecule has 82 valence electrons. The van der Waals surface area contributed by atoms with Crippen molar-refractivity contribution in [3.05, 3.63) is 27.2 Å². The molecule has 1 atom stereocenters. The van der Waals surface area contributed by atoms with Crippen LogP contribution in [0.2, 0.25) is 5.02 Å². The zero-order chi connectivity index (χ0) is 11.0. The number of rotatable bonds is 2. The molecule has 0 amide bonds. The summed E-state index contributed by atoms with van der Waals surface area (Å²) in [6, 6.07) is 3.34. The minimum Gasteiger partial charge on any atom is -0.506 e. The van der Waals surface area contributed by atoms with Gasteiger partial charge in [-0.1, -0.05) is 18.0 Å². The minimum atomic E-state index is -0.149. The molecule has 0 aliphatic heterocycles. The zero-order valence-corrected chi connectivity index (χ0v) is 10.6. The van der Waals surface area contributed by atoms with Crippen molar-refractivity contribution >= 4 is 27.5 Å². The average Bonchev–Trinajstić information content (AvgIpc) is 2.09. The van der Waals surface area contributed by atoms with Gasteiger partial charge in [0.25, 0.3) is 0 Å². The van der Waals surface area contributed by atoms with Crippen LogP contribution in [0.25, 0.3) is 0 Å². The molecule has 0 spiro atoms. The SMILES string of the molecule is N[C@@H](c1c(Cl)ccc(Br)c1O)C1CCC1. The Morgan fingerprint density at radius 1 is 1.47 bits per heavy atom. The largest absolute Gasteiger partial charge is 0.506 e. The molecule has 3 N–H and O–H groups in total. The van der Waals surface area contributed by atoms with Crippen LogP contribution in [0.15, 0.2) is 16.6 Å². The van der Waals surface area contributed by atoms with E-state index in [4.69, 9.17) is 17.3 Å². The normalized spacial score (nSPS) is 18.6. The van der Waals surface area contributed by atoms with Crippen LogP contribution in [0, 0.1) is 5.92 Å². The Morgan fingerprint density at radius 3 is 2.67 bits per heavy atom. The fraction of sp³-hybridized carbons (Fsp3) is 0.455. The van der Waals surface area contributed by atoms with Crippen LogP contribution < -0.4 is 5.73 Å². The van der Waals surface area contributed by atoms with Crippen LogP contribution in [0.4, 0.5) is 0 Å². The summed E-state index contributed by atoms with van der Waals surface area (Å²) >= 11 is 9.33. The smallest absolute Gasteiger partial charge is 0.136 e. The Morgan fingerprint density at radius 2 is 2.13 bits per heavy atom. The Kier molecular flexibility index (Phi) is 3.24. The highest BCUT2D eigenvalue weighted by Crippen LogP contribution is 2.43. The number of hydrogen-bond acceptors (Lipinski definition) is 2. The number of halogens is 2. The van der Waals surface area contributed by atoms with E-state index in [0.29, 0.717) is 21.0 Å². The van der Waals surface area contributed by atoms with Crippen molar-refractivity contribution in [2.24, 2.45) is 11.7 Å². The van der Waals surface area contributed by atoms with Crippen molar-refractivity contribution < 1.29 is 5.11 Å². The van der Waals surface area contributed by atoms with E-state index < -0.39 is 0 Å². The van der Waals surface area contributed by atoms with E-state index in [1.54, 1.807) is 12.1 Å². The summed E-state index contributed by atoms with van der Waals surface area (Å²) in [6.45, 7) is 0. The van der Waals surface area contributed by atoms with Gasteiger partial charge in [-0.15, -0.1) is 0 Å². The van der Waals surface area contributed by atoms with E-state index in [2.05, 4.69) is 15.9 Å². The van der Waals surface area contributed by atoms with Crippen molar-refractivity contribution in [3.8, 4) is 5.75 Å². The van der Waals surface area contributed by atoms with Gasteiger partial charge in [-0.25, -0.2) is 0 Å². The summed E-state index contributed by atoms with van der Waals surface area (Å²) in [6.07, 6.45) is 3.48. The Bertz CT molecular complexity index is 379. The summed E-state index contributed by atoms with van der Waals surface area (Å²) in [7, 11) is 0. The topological polar surface area (TPSA) is 46.2 Å². The van der Waals surface area contributed by atoms with Gasteiger partial charge in [0.15, 0.2) is 0 Å². The number of aromatic hydroxyl groups is 1. The van der Waals surface area contributed by atoms with Gasteiger partial charge in [0, 0.05) is 16.6 Å². The Hall–Kier alpha value is -0.250. The Balaban J connectivity index is 2.36. The Labute approximate surface area is 103 Å². The molecule has 1 aromatic carbocycles. The molecular formula is C11H13BrClNO. The monoisotopic (exact) mass is 289 g/mol. The van der Waals surface area contributed by atoms with E-state index in [-0.39, 0.29) is 11.8 Å². The number of phenols is 1. The minimum absolute atomic E-state index is 0.149. The van der Waals surface area contributed by atoms with Gasteiger partial charge < -0.3 is 10.8 Å². The highest BCUT2D eigenvalue weighted by atomic mass is 79.9. The van der Waals surface area contributed by atoms with Gasteiger partial charge in [0.1, 0.15) is 5.75 Å². The van der Waals surface area contributed by atoms with Crippen LogP contribution >= 0.6 is 27.5 Å². The number of phenolic OH excluding ortho intramolecular Hbond substituents is 1. The van der Waals surface area contributed by atoms with Crippen LogP contribution in [0.3, 0.4) is 0 Å². The first kappa shape index (κ1) is 11.2. The molecule has 0 radical (unpaired) electrons. The first-order chi connectivity index (χ1) is 7.11. The van der Waals surface area contributed by atoms with E-state index in [1.807, 2.05) is 0 Å². The molecular weight excluding hydrogens is 277 g/mol. The maximum Gasteiger partial charge on any atom is 0.136 e. The molecule has 1 aliphatic carbocycles. The lowest BCUT2D eigenvalue weighted by Crippen LogP contribution is -2.27. The van der Waals surface area contributed by atoms with Crippen LogP contribution in [-0.4, -0.2) is 5.11 Å². The standard InChI is InChI=1S/C11H13BrClNO/c12-7-4-5-8(13)9(11(7)15)10(14)6-2-1-3-6/h4-6,10,15H,1-3,14H2/t10-/m1/s1. The van der Waals surface area contributed by atoms with Crippen LogP contribution in [-0.2, 0) is 0 Å². The van der Waals surface area contributed by atoms with E-state index in [1.165, 1.54) is 6.42 Å². The molecule has 1 aliphatic rings. The zero-order valence-electron chi connectivity index (χ0n) is 8.21. The first-order valence-corrected chi connectivity index (χ1v) is 6.21. The molecule has 4 heteroatoms. The van der Waals surface area contributed by atoms with Crippen molar-refractivity contribution in [1.82, 2.24) is 0 Å². The van der Waals surface area contributed by atoms with Crippen LogP contribution in [0.1, 0.15) is 30.9 Å². The van der Waals surface area contributed by atoms with Gasteiger partial charge >= 0.3 is 0 Å². The number of benzene rings is 1. The quantitative estimate of drug-likeness (QED) is 0.874. The lowest BCUT2D eigenvalue weighted by molar-refractivity contribution is 0.260. The maximum absolute atomic E-state index is 9.91. The highest BCUT2D eigenvalue weighted by Gasteiger charge is 2.29. The van der Waals surface area contributed by atoms with Gasteiger partial charge in [0.2, 0.25) is 0 Å². The molecule has 2 rings (SSSR count). The van der Waals surface area contributed by atoms with E-state index in [9.17, 15) is 5.11 Å². The summed E-state index contributed by atoms with van der Waals surface area (Å²) < 4.78 is 0.650. The van der Waals surface area contributed by atoms with Gasteiger partial charge in [-0.3, -0.25) is 0 Å². The second-order valence-electron chi connectivity index (χ2n) is 4.01. The molecule has 0 unspecified atom stereocenters. The molecule has 1 saturated carbocycles. The van der Waals surface area contributed by atoms with Crippen LogP contribution in [0.5, 0.6) is 5.75 Å². The molecule has 15 heavy (non-hydrogen) atoms. The predicted molar refractivity (Wildman–Crippen MR) is 65.1 cm³/mol. The summed E-state index contributed by atoms with van der Waals surface area (Å²) in [5.41, 5.74) is 6.78. The molecule has 2 nitrogen and oxygen atoms in total. The highest BCUT2D eigenvalue weighted by molar-refractivity contribution is 9.10. The number of nitrogens with two attached hydrogens (primary N) is 1. The molecule has 0 saturated heterocycles. The van der Waals surface area contributed by atoms with Gasteiger partial charge in [-0.2, -0.15) is 0 Å². The predicted octanol–water partition coefficient (Wildman–Crippen LogP) is 3.61. The van der Waals surface area contributed by atoms with Crippen molar-refractivity contribution in [3.63, 3.8) is 0 Å². The summed E-state index contributed by atoms with van der Waals surface area (Å²) in [4.78, 5) is 0. The lowest BCUT2D eigenvalue weighted by atomic mass is 9.77. The summed E-state index contributed by atoms with van der Waals surface area (Å²) in [5, 5.41) is 10.5. The van der Waals surface area contributed by atoms with E-state index in [0.717, 1.165) is 12.8 Å². The molecule has 0 heterocycles. The maximum atomic E-state index is 9.91. The van der Waals surface area contributed by atoms with Gasteiger partial charge in [-0.05, 0) is 46.8 Å². The van der Waals surface area contributed by atoms with Crippen molar-refractivity contribution in [2.45, 2.75) is 25.3 Å². The van der Waals surface area contributed by atoms with E-state index >= 15 is 0 Å². The second kappa shape index (κ2) is 4.32. The fourth-order valence-corrected chi connectivity index (χ4v) is 2.53. The van der Waals surface area contributed by atoms with Crippen molar-refractivity contribution in [1.29, 1.82) is 0 Å². The third-order valence-electron chi connectivity index (χ3n) is 3.11. The molecule has 0 aromatic heterocycles. The third-order valence-corrected chi connectivity index (χ3v) is 4.08. The second-order valence-corrected chi connectivity index (χ2v) is 5.27. The molecule has 1 fully saturated rings. The fourth-order valence-electron chi connectivity index (χ4n) is 1.91. The first-order valence-electron chi connectivity index (χ1n) is 5.03. The molecule has 0 bridgehead atoms. The van der Waals surface area contributed by atoms with Crippen molar-refractivity contribution in [2.75, 3.05) is 0 Å². The third kappa shape index (κ3) is 2.01. The number of hydrogen-bond donors (Lipinski definition) is 2. The summed E-state index contributed by atoms with van der Waals surface area (Å²) in [5.74, 6) is 0.643.